The summed E-state index contributed by atoms with van der Waals surface area (Å²) in [7, 11) is 1.77. The Bertz CT molecular complexity index is 1040. The van der Waals surface area contributed by atoms with Crippen molar-refractivity contribution in [2.45, 2.75) is 19.4 Å². The van der Waals surface area contributed by atoms with E-state index in [9.17, 15) is 14.7 Å². The van der Waals surface area contributed by atoms with Gasteiger partial charge in [0.05, 0.1) is 11.8 Å². The fourth-order valence-electron chi connectivity index (χ4n) is 3.44. The van der Waals surface area contributed by atoms with Crippen LogP contribution in [0.4, 0.5) is 0 Å². The molecule has 8 nitrogen and oxygen atoms in total. The molecule has 2 aromatic heterocycles. The molecule has 1 aromatic carbocycles. The van der Waals surface area contributed by atoms with Crippen LogP contribution >= 0.6 is 0 Å². The molecule has 4 rings (SSSR count). The van der Waals surface area contributed by atoms with E-state index >= 15 is 0 Å². The number of carboxylic acid groups (broad SMARTS) is 1. The zero-order valence-corrected chi connectivity index (χ0v) is 14.9. The van der Waals surface area contributed by atoms with Crippen molar-refractivity contribution in [3.05, 3.63) is 59.2 Å². The third-order valence-corrected chi connectivity index (χ3v) is 4.73. The van der Waals surface area contributed by atoms with E-state index in [-0.39, 0.29) is 11.6 Å². The first-order chi connectivity index (χ1) is 13.0. The normalized spacial score (nSPS) is 16.2. The van der Waals surface area contributed by atoms with Gasteiger partial charge in [0.1, 0.15) is 5.76 Å². The number of hydrogen-bond donors (Lipinski definition) is 1. The highest BCUT2D eigenvalue weighted by atomic mass is 16.4. The van der Waals surface area contributed by atoms with Crippen molar-refractivity contribution >= 4 is 11.9 Å². The standard InChI is InChI=1S/C19H18N4O4/c1-11-15(21-17(27-11)13-9-20-22(2)10-13)18(24)23-8-7-12-5-3-4-6-14(12)16(23)19(25)26/h3-6,9-10,16H,7-8H2,1-2H3,(H,25,26). The molecule has 0 fully saturated rings. The minimum Gasteiger partial charge on any atom is -0.479 e. The van der Waals surface area contributed by atoms with E-state index in [4.69, 9.17) is 4.42 Å². The van der Waals surface area contributed by atoms with Crippen molar-refractivity contribution in [2.24, 2.45) is 7.05 Å². The third-order valence-electron chi connectivity index (χ3n) is 4.73. The van der Waals surface area contributed by atoms with Gasteiger partial charge >= 0.3 is 5.97 Å². The summed E-state index contributed by atoms with van der Waals surface area (Å²) >= 11 is 0. The summed E-state index contributed by atoms with van der Waals surface area (Å²) in [6, 6.07) is 6.27. The van der Waals surface area contributed by atoms with Crippen LogP contribution < -0.4 is 0 Å². The summed E-state index contributed by atoms with van der Waals surface area (Å²) in [4.78, 5) is 30.7. The van der Waals surface area contributed by atoms with E-state index in [1.807, 2.05) is 12.1 Å². The maximum absolute atomic E-state index is 13.1. The smallest absolute Gasteiger partial charge is 0.331 e. The molecule has 0 radical (unpaired) electrons. The van der Waals surface area contributed by atoms with Gasteiger partial charge in [0, 0.05) is 19.8 Å². The van der Waals surface area contributed by atoms with Crippen molar-refractivity contribution in [3.8, 4) is 11.5 Å². The molecule has 0 saturated heterocycles. The quantitative estimate of drug-likeness (QED) is 0.763. The lowest BCUT2D eigenvalue weighted by molar-refractivity contribution is -0.143. The number of aryl methyl sites for hydroxylation is 2. The van der Waals surface area contributed by atoms with Crippen molar-refractivity contribution in [1.82, 2.24) is 19.7 Å². The SMILES string of the molecule is Cc1oc(-c2cnn(C)c2)nc1C(=O)N1CCc2ccccc2C1C(=O)O. The second-order valence-corrected chi connectivity index (χ2v) is 6.51. The second kappa shape index (κ2) is 6.39. The summed E-state index contributed by atoms with van der Waals surface area (Å²) in [6.07, 6.45) is 3.92. The Hall–Kier alpha value is -3.42. The number of carbonyl (C=O) groups is 2. The molecule has 3 heterocycles. The topological polar surface area (TPSA) is 101 Å². The minimum absolute atomic E-state index is 0.125. The Morgan fingerprint density at radius 3 is 2.78 bits per heavy atom. The molecule has 1 atom stereocenters. The van der Waals surface area contributed by atoms with Crippen LogP contribution in [0.1, 0.15) is 33.4 Å². The Kier molecular flexibility index (Phi) is 4.02. The van der Waals surface area contributed by atoms with Gasteiger partial charge in [-0.25, -0.2) is 9.78 Å². The Balaban J connectivity index is 1.70. The first kappa shape index (κ1) is 17.0. The van der Waals surface area contributed by atoms with Gasteiger partial charge in [-0.2, -0.15) is 5.10 Å². The number of hydrogen-bond acceptors (Lipinski definition) is 5. The van der Waals surface area contributed by atoms with Crippen LogP contribution in [-0.4, -0.2) is 43.2 Å². The lowest BCUT2D eigenvalue weighted by atomic mass is 9.92. The molecule has 0 aliphatic carbocycles. The lowest BCUT2D eigenvalue weighted by Gasteiger charge is -2.34. The molecule has 1 N–H and O–H groups in total. The number of oxazole rings is 1. The molecule has 1 aliphatic rings. The number of carboxylic acids is 1. The first-order valence-electron chi connectivity index (χ1n) is 8.53. The third kappa shape index (κ3) is 2.88. The molecule has 8 heteroatoms. The fourth-order valence-corrected chi connectivity index (χ4v) is 3.44. The van der Waals surface area contributed by atoms with E-state index in [1.165, 1.54) is 4.90 Å². The number of aromatic nitrogens is 3. The zero-order valence-electron chi connectivity index (χ0n) is 14.9. The van der Waals surface area contributed by atoms with Crippen LogP contribution in [0.15, 0.2) is 41.1 Å². The molecule has 3 aromatic rings. The van der Waals surface area contributed by atoms with Crippen LogP contribution in [0.2, 0.25) is 0 Å². The molecular weight excluding hydrogens is 348 g/mol. The van der Waals surface area contributed by atoms with Gasteiger partial charge in [0.15, 0.2) is 11.7 Å². The van der Waals surface area contributed by atoms with Gasteiger partial charge in [0.2, 0.25) is 5.89 Å². The van der Waals surface area contributed by atoms with Crippen LogP contribution in [0.5, 0.6) is 0 Å². The zero-order chi connectivity index (χ0) is 19.1. The first-order valence-corrected chi connectivity index (χ1v) is 8.53. The van der Waals surface area contributed by atoms with Gasteiger partial charge in [-0.3, -0.25) is 9.48 Å². The average Bonchev–Trinajstić information content (AvgIpc) is 3.25. The summed E-state index contributed by atoms with van der Waals surface area (Å²) in [5.74, 6) is -0.882. The van der Waals surface area contributed by atoms with E-state index in [0.29, 0.717) is 29.9 Å². The molecule has 0 saturated carbocycles. The molecule has 1 aliphatic heterocycles. The summed E-state index contributed by atoms with van der Waals surface area (Å²) in [5.41, 5.74) is 2.36. The summed E-state index contributed by atoms with van der Waals surface area (Å²) < 4.78 is 7.24. The molecule has 0 bridgehead atoms. The van der Waals surface area contributed by atoms with Gasteiger partial charge in [-0.1, -0.05) is 24.3 Å². The highest BCUT2D eigenvalue weighted by Gasteiger charge is 2.37. The van der Waals surface area contributed by atoms with Crippen molar-refractivity contribution in [2.75, 3.05) is 6.54 Å². The Morgan fingerprint density at radius 2 is 2.07 bits per heavy atom. The predicted octanol–water partition coefficient (Wildman–Crippen LogP) is 2.21. The molecular formula is C19H18N4O4. The number of rotatable bonds is 3. The second-order valence-electron chi connectivity index (χ2n) is 6.51. The van der Waals surface area contributed by atoms with E-state index in [1.54, 1.807) is 43.2 Å². The fraction of sp³-hybridized carbons (Fsp3) is 0.263. The summed E-state index contributed by atoms with van der Waals surface area (Å²) in [5, 5.41) is 13.8. The van der Waals surface area contributed by atoms with E-state index in [0.717, 1.165) is 5.56 Å². The van der Waals surface area contributed by atoms with Gasteiger partial charge < -0.3 is 14.4 Å². The highest BCUT2D eigenvalue weighted by molar-refractivity contribution is 5.96. The monoisotopic (exact) mass is 366 g/mol. The molecule has 0 spiro atoms. The molecule has 138 valence electrons. The number of nitrogens with zero attached hydrogens (tertiary/aromatic N) is 4. The van der Waals surface area contributed by atoms with E-state index < -0.39 is 17.9 Å². The van der Waals surface area contributed by atoms with Crippen molar-refractivity contribution in [3.63, 3.8) is 0 Å². The van der Waals surface area contributed by atoms with E-state index in [2.05, 4.69) is 10.1 Å². The number of amides is 1. The number of benzene rings is 1. The van der Waals surface area contributed by atoms with Crippen LogP contribution in [0.3, 0.4) is 0 Å². The predicted molar refractivity (Wildman–Crippen MR) is 95.0 cm³/mol. The number of fused-ring (bicyclic) bond motifs is 1. The average molecular weight is 366 g/mol. The van der Waals surface area contributed by atoms with Gasteiger partial charge in [-0.15, -0.1) is 0 Å². The molecule has 27 heavy (non-hydrogen) atoms. The minimum atomic E-state index is -1.07. The lowest BCUT2D eigenvalue weighted by Crippen LogP contribution is -2.43. The van der Waals surface area contributed by atoms with Crippen LogP contribution in [0, 0.1) is 6.92 Å². The van der Waals surface area contributed by atoms with Gasteiger partial charge in [-0.05, 0) is 24.5 Å². The highest BCUT2D eigenvalue weighted by Crippen LogP contribution is 2.32. The molecule has 1 unspecified atom stereocenters. The maximum atomic E-state index is 13.1. The largest absolute Gasteiger partial charge is 0.479 e. The molecule has 1 amide bonds. The maximum Gasteiger partial charge on any atom is 0.331 e. The summed E-state index contributed by atoms with van der Waals surface area (Å²) in [6.45, 7) is 1.95. The Labute approximate surface area is 155 Å². The van der Waals surface area contributed by atoms with Crippen molar-refractivity contribution in [1.29, 1.82) is 0 Å². The number of aliphatic carboxylic acids is 1. The Morgan fingerprint density at radius 1 is 1.30 bits per heavy atom. The van der Waals surface area contributed by atoms with Gasteiger partial charge in [0.25, 0.3) is 5.91 Å². The van der Waals surface area contributed by atoms with Crippen molar-refractivity contribution < 1.29 is 19.1 Å². The number of carbonyl (C=O) groups excluding carboxylic acids is 1. The van der Waals surface area contributed by atoms with Crippen LogP contribution in [-0.2, 0) is 18.3 Å². The van der Waals surface area contributed by atoms with Crippen LogP contribution in [0.25, 0.3) is 11.5 Å².